The highest BCUT2D eigenvalue weighted by molar-refractivity contribution is 5.47. The SMILES string of the molecule is Cc1nc(NN)cc(NC2CCC(C)C2C)n1. The minimum atomic E-state index is 0.505. The van der Waals surface area contributed by atoms with Crippen molar-refractivity contribution >= 4 is 11.6 Å². The van der Waals surface area contributed by atoms with Gasteiger partial charge in [-0.1, -0.05) is 13.8 Å². The van der Waals surface area contributed by atoms with Crippen molar-refractivity contribution in [3.8, 4) is 0 Å². The lowest BCUT2D eigenvalue weighted by Gasteiger charge is -2.20. The predicted octanol–water partition coefficient (Wildman–Crippen LogP) is 1.92. The molecule has 2 rings (SSSR count). The summed E-state index contributed by atoms with van der Waals surface area (Å²) in [7, 11) is 0. The number of nitrogens with two attached hydrogens (primary N) is 1. The Morgan fingerprint density at radius 2 is 1.94 bits per heavy atom. The van der Waals surface area contributed by atoms with Crippen molar-refractivity contribution in [2.75, 3.05) is 10.7 Å². The molecule has 4 N–H and O–H groups in total. The second-order valence-electron chi connectivity index (χ2n) is 4.99. The van der Waals surface area contributed by atoms with Crippen molar-refractivity contribution in [3.05, 3.63) is 11.9 Å². The highest BCUT2D eigenvalue weighted by Crippen LogP contribution is 2.33. The largest absolute Gasteiger partial charge is 0.367 e. The van der Waals surface area contributed by atoms with E-state index in [-0.39, 0.29) is 0 Å². The fourth-order valence-electron chi connectivity index (χ4n) is 2.47. The molecule has 1 fully saturated rings. The summed E-state index contributed by atoms with van der Waals surface area (Å²) in [4.78, 5) is 8.56. The summed E-state index contributed by atoms with van der Waals surface area (Å²) < 4.78 is 0. The Labute approximate surface area is 102 Å². The number of aryl methyl sites for hydroxylation is 1. The first kappa shape index (κ1) is 12.1. The zero-order valence-corrected chi connectivity index (χ0v) is 10.7. The first-order chi connectivity index (χ1) is 8.10. The number of nitrogen functional groups attached to an aromatic ring is 1. The molecular weight excluding hydrogens is 214 g/mol. The monoisotopic (exact) mass is 235 g/mol. The van der Waals surface area contributed by atoms with Gasteiger partial charge >= 0.3 is 0 Å². The maximum atomic E-state index is 5.38. The highest BCUT2D eigenvalue weighted by atomic mass is 15.3. The molecule has 1 aliphatic rings. The van der Waals surface area contributed by atoms with Crippen molar-refractivity contribution in [2.24, 2.45) is 17.7 Å². The summed E-state index contributed by atoms with van der Waals surface area (Å²) >= 11 is 0. The molecule has 5 heteroatoms. The van der Waals surface area contributed by atoms with Crippen molar-refractivity contribution in [1.29, 1.82) is 0 Å². The molecule has 0 saturated heterocycles. The molecule has 3 unspecified atom stereocenters. The van der Waals surface area contributed by atoms with Crippen molar-refractivity contribution in [2.45, 2.75) is 39.7 Å². The number of nitrogens with zero attached hydrogens (tertiary/aromatic N) is 2. The summed E-state index contributed by atoms with van der Waals surface area (Å²) in [5.74, 6) is 9.07. The first-order valence-corrected chi connectivity index (χ1v) is 6.19. The fourth-order valence-corrected chi connectivity index (χ4v) is 2.47. The number of nitrogens with one attached hydrogen (secondary N) is 2. The number of hydrogen-bond donors (Lipinski definition) is 3. The molecule has 0 bridgehead atoms. The average molecular weight is 235 g/mol. The standard InChI is InChI=1S/C12H21N5/c1-7-4-5-10(8(7)2)16-11-6-12(17-13)15-9(3)14-11/h6-8,10H,4-5,13H2,1-3H3,(H2,14,15,16,17). The van der Waals surface area contributed by atoms with Crippen LogP contribution in [-0.4, -0.2) is 16.0 Å². The third kappa shape index (κ3) is 2.66. The molecule has 5 nitrogen and oxygen atoms in total. The number of hydrogen-bond acceptors (Lipinski definition) is 5. The van der Waals surface area contributed by atoms with E-state index in [4.69, 9.17) is 5.84 Å². The van der Waals surface area contributed by atoms with Crippen LogP contribution in [0.3, 0.4) is 0 Å². The summed E-state index contributed by atoms with van der Waals surface area (Å²) in [6.45, 7) is 6.47. The summed E-state index contributed by atoms with van der Waals surface area (Å²) in [5.41, 5.74) is 2.56. The third-order valence-corrected chi connectivity index (χ3v) is 3.78. The number of anilines is 2. The van der Waals surface area contributed by atoms with Gasteiger partial charge in [-0.3, -0.25) is 0 Å². The predicted molar refractivity (Wildman–Crippen MR) is 69.6 cm³/mol. The van der Waals surface area contributed by atoms with Gasteiger partial charge in [0.2, 0.25) is 0 Å². The molecule has 0 amide bonds. The number of aromatic nitrogens is 2. The highest BCUT2D eigenvalue weighted by Gasteiger charge is 2.29. The molecule has 94 valence electrons. The second-order valence-corrected chi connectivity index (χ2v) is 4.99. The minimum Gasteiger partial charge on any atom is -0.367 e. The van der Waals surface area contributed by atoms with E-state index in [1.54, 1.807) is 0 Å². The minimum absolute atomic E-state index is 0.505. The zero-order valence-electron chi connectivity index (χ0n) is 10.7. The van der Waals surface area contributed by atoms with Crippen LogP contribution < -0.4 is 16.6 Å². The third-order valence-electron chi connectivity index (χ3n) is 3.78. The van der Waals surface area contributed by atoms with Crippen LogP contribution in [0.25, 0.3) is 0 Å². The van der Waals surface area contributed by atoms with Crippen molar-refractivity contribution < 1.29 is 0 Å². The number of rotatable bonds is 3. The van der Waals surface area contributed by atoms with Gasteiger partial charge in [0.15, 0.2) is 0 Å². The Morgan fingerprint density at radius 1 is 1.24 bits per heavy atom. The first-order valence-electron chi connectivity index (χ1n) is 6.19. The molecular formula is C12H21N5. The Balaban J connectivity index is 2.10. The van der Waals surface area contributed by atoms with E-state index < -0.39 is 0 Å². The van der Waals surface area contributed by atoms with Crippen LogP contribution in [0.1, 0.15) is 32.5 Å². The zero-order chi connectivity index (χ0) is 12.4. The lowest BCUT2D eigenvalue weighted by atomic mass is 9.98. The summed E-state index contributed by atoms with van der Waals surface area (Å²) in [6, 6.07) is 2.35. The van der Waals surface area contributed by atoms with Gasteiger partial charge in [-0.2, -0.15) is 0 Å². The molecule has 17 heavy (non-hydrogen) atoms. The van der Waals surface area contributed by atoms with Crippen molar-refractivity contribution in [3.63, 3.8) is 0 Å². The maximum Gasteiger partial charge on any atom is 0.145 e. The quantitative estimate of drug-likeness (QED) is 0.551. The average Bonchev–Trinajstić information content (AvgIpc) is 2.60. The van der Waals surface area contributed by atoms with Gasteiger partial charge < -0.3 is 10.7 Å². The van der Waals surface area contributed by atoms with E-state index in [1.807, 2.05) is 13.0 Å². The Bertz CT molecular complexity index is 392. The van der Waals surface area contributed by atoms with Crippen LogP contribution in [-0.2, 0) is 0 Å². The van der Waals surface area contributed by atoms with Crippen LogP contribution in [0.5, 0.6) is 0 Å². The topological polar surface area (TPSA) is 75.9 Å². The van der Waals surface area contributed by atoms with E-state index in [9.17, 15) is 0 Å². The van der Waals surface area contributed by atoms with Gasteiger partial charge in [0, 0.05) is 12.1 Å². The number of hydrazine groups is 1. The molecule has 1 heterocycles. The lowest BCUT2D eigenvalue weighted by molar-refractivity contribution is 0.435. The molecule has 0 spiro atoms. The second kappa shape index (κ2) is 4.87. The maximum absolute atomic E-state index is 5.38. The van der Waals surface area contributed by atoms with Crippen LogP contribution >= 0.6 is 0 Å². The van der Waals surface area contributed by atoms with E-state index in [1.165, 1.54) is 12.8 Å². The lowest BCUT2D eigenvalue weighted by Crippen LogP contribution is -2.25. The molecule has 0 radical (unpaired) electrons. The van der Waals surface area contributed by atoms with Crippen LogP contribution in [0, 0.1) is 18.8 Å². The van der Waals surface area contributed by atoms with E-state index in [0.717, 1.165) is 17.6 Å². The van der Waals surface area contributed by atoms with Crippen LogP contribution in [0.15, 0.2) is 6.07 Å². The van der Waals surface area contributed by atoms with Gasteiger partial charge in [0.1, 0.15) is 17.5 Å². The van der Waals surface area contributed by atoms with Gasteiger partial charge in [-0.25, -0.2) is 15.8 Å². The summed E-state index contributed by atoms with van der Waals surface area (Å²) in [6.07, 6.45) is 2.49. The Morgan fingerprint density at radius 3 is 2.53 bits per heavy atom. The van der Waals surface area contributed by atoms with Crippen molar-refractivity contribution in [1.82, 2.24) is 9.97 Å². The van der Waals surface area contributed by atoms with Gasteiger partial charge in [-0.05, 0) is 31.6 Å². The van der Waals surface area contributed by atoms with Crippen LogP contribution in [0.4, 0.5) is 11.6 Å². The van der Waals surface area contributed by atoms with Gasteiger partial charge in [-0.15, -0.1) is 0 Å². The molecule has 3 atom stereocenters. The molecule has 1 aliphatic carbocycles. The molecule has 0 aliphatic heterocycles. The van der Waals surface area contributed by atoms with E-state index >= 15 is 0 Å². The van der Waals surface area contributed by atoms with Crippen LogP contribution in [0.2, 0.25) is 0 Å². The van der Waals surface area contributed by atoms with E-state index in [0.29, 0.717) is 17.8 Å². The molecule has 1 aromatic rings. The molecule has 0 aromatic carbocycles. The fraction of sp³-hybridized carbons (Fsp3) is 0.667. The van der Waals surface area contributed by atoms with Gasteiger partial charge in [0.25, 0.3) is 0 Å². The van der Waals surface area contributed by atoms with Gasteiger partial charge in [0.05, 0.1) is 0 Å². The van der Waals surface area contributed by atoms with E-state index in [2.05, 4.69) is 34.6 Å². The smallest absolute Gasteiger partial charge is 0.145 e. The Kier molecular flexibility index (Phi) is 3.47. The molecule has 1 saturated carbocycles. The molecule has 1 aromatic heterocycles. The summed E-state index contributed by atoms with van der Waals surface area (Å²) in [5, 5.41) is 3.49. The normalized spacial score (nSPS) is 28.1. The Hall–Kier alpha value is -1.36.